The van der Waals surface area contributed by atoms with Gasteiger partial charge in [-0.05, 0) is 46.6 Å². The summed E-state index contributed by atoms with van der Waals surface area (Å²) in [4.78, 5) is 6.98. The Morgan fingerprint density at radius 3 is 2.76 bits per heavy atom. The Balaban J connectivity index is 2.05. The highest BCUT2D eigenvalue weighted by atomic mass is 79.9. The Morgan fingerprint density at radius 1 is 1.35 bits per heavy atom. The van der Waals surface area contributed by atoms with Crippen LogP contribution in [0.15, 0.2) is 34.9 Å². The maximum absolute atomic E-state index is 6.19. The van der Waals surface area contributed by atoms with Crippen molar-refractivity contribution in [1.29, 1.82) is 0 Å². The second-order valence-electron chi connectivity index (χ2n) is 3.94. The molecule has 0 aliphatic carbocycles. The summed E-state index contributed by atoms with van der Waals surface area (Å²) in [5.74, 6) is 0. The van der Waals surface area contributed by atoms with Gasteiger partial charge in [0.25, 0.3) is 0 Å². The molecule has 0 aliphatic rings. The SMILES string of the molecule is CCc1ccc(C(N)Cc2ccc(Br)cn2)s1. The molecular weight excluding hydrogens is 296 g/mol. The molecule has 0 fully saturated rings. The minimum atomic E-state index is 0.0500. The highest BCUT2D eigenvalue weighted by Crippen LogP contribution is 2.24. The largest absolute Gasteiger partial charge is 0.323 e. The lowest BCUT2D eigenvalue weighted by atomic mass is 10.1. The zero-order chi connectivity index (χ0) is 12.3. The van der Waals surface area contributed by atoms with Gasteiger partial charge in [-0.3, -0.25) is 4.98 Å². The molecule has 0 saturated heterocycles. The number of nitrogens with zero attached hydrogens (tertiary/aromatic N) is 1. The summed E-state index contributed by atoms with van der Waals surface area (Å²) >= 11 is 5.18. The van der Waals surface area contributed by atoms with Crippen LogP contribution in [0, 0.1) is 0 Å². The molecule has 2 N–H and O–H groups in total. The number of aromatic nitrogens is 1. The minimum Gasteiger partial charge on any atom is -0.323 e. The van der Waals surface area contributed by atoms with Gasteiger partial charge in [0.2, 0.25) is 0 Å². The molecule has 2 rings (SSSR count). The van der Waals surface area contributed by atoms with Gasteiger partial charge in [-0.25, -0.2) is 0 Å². The van der Waals surface area contributed by atoms with Gasteiger partial charge < -0.3 is 5.73 Å². The number of pyridine rings is 1. The molecule has 2 aromatic rings. The Hall–Kier alpha value is -0.710. The van der Waals surface area contributed by atoms with Crippen molar-refractivity contribution in [3.8, 4) is 0 Å². The third kappa shape index (κ3) is 3.37. The van der Waals surface area contributed by atoms with E-state index in [1.165, 1.54) is 9.75 Å². The average molecular weight is 311 g/mol. The monoisotopic (exact) mass is 310 g/mol. The third-order valence-corrected chi connectivity index (χ3v) is 4.44. The highest BCUT2D eigenvalue weighted by Gasteiger charge is 2.10. The normalized spacial score (nSPS) is 12.6. The second-order valence-corrected chi connectivity index (χ2v) is 6.05. The van der Waals surface area contributed by atoms with Gasteiger partial charge in [0.05, 0.1) is 0 Å². The van der Waals surface area contributed by atoms with Crippen molar-refractivity contribution in [2.45, 2.75) is 25.8 Å². The quantitative estimate of drug-likeness (QED) is 0.935. The van der Waals surface area contributed by atoms with E-state index in [9.17, 15) is 0 Å². The number of halogens is 1. The summed E-state index contributed by atoms with van der Waals surface area (Å²) in [5.41, 5.74) is 7.23. The molecule has 2 heterocycles. The average Bonchev–Trinajstić information content (AvgIpc) is 2.81. The Kier molecular flexibility index (Phi) is 4.31. The van der Waals surface area contributed by atoms with E-state index in [0.717, 1.165) is 23.0 Å². The molecule has 1 atom stereocenters. The molecule has 0 aliphatic heterocycles. The first-order valence-electron chi connectivity index (χ1n) is 5.63. The molecule has 1 unspecified atom stereocenters. The molecule has 2 nitrogen and oxygen atoms in total. The van der Waals surface area contributed by atoms with E-state index in [-0.39, 0.29) is 6.04 Å². The summed E-state index contributed by atoms with van der Waals surface area (Å²) in [6, 6.07) is 8.36. The van der Waals surface area contributed by atoms with E-state index in [4.69, 9.17) is 5.73 Å². The first-order chi connectivity index (χ1) is 8.19. The van der Waals surface area contributed by atoms with E-state index in [1.54, 1.807) is 11.3 Å². The van der Waals surface area contributed by atoms with Crippen molar-refractivity contribution in [1.82, 2.24) is 4.98 Å². The predicted octanol–water partition coefficient (Wildman–Crippen LogP) is 3.71. The molecule has 0 saturated carbocycles. The Morgan fingerprint density at radius 2 is 2.18 bits per heavy atom. The number of rotatable bonds is 4. The zero-order valence-corrected chi connectivity index (χ0v) is 12.1. The van der Waals surface area contributed by atoms with Gasteiger partial charge >= 0.3 is 0 Å². The summed E-state index contributed by atoms with van der Waals surface area (Å²) in [6.45, 7) is 2.16. The maximum atomic E-state index is 6.19. The van der Waals surface area contributed by atoms with E-state index in [1.807, 2.05) is 18.3 Å². The lowest BCUT2D eigenvalue weighted by molar-refractivity contribution is 0.719. The molecule has 4 heteroatoms. The molecule has 0 aromatic carbocycles. The second kappa shape index (κ2) is 5.76. The van der Waals surface area contributed by atoms with Crippen LogP contribution < -0.4 is 5.73 Å². The Bertz CT molecular complexity index is 478. The number of aryl methyl sites for hydroxylation is 1. The highest BCUT2D eigenvalue weighted by molar-refractivity contribution is 9.10. The van der Waals surface area contributed by atoms with Gasteiger partial charge in [-0.1, -0.05) is 6.92 Å². The van der Waals surface area contributed by atoms with Gasteiger partial charge in [0.15, 0.2) is 0 Å². The predicted molar refractivity (Wildman–Crippen MR) is 76.3 cm³/mol. The molecule has 0 amide bonds. The van der Waals surface area contributed by atoms with Crippen LogP contribution in [0.2, 0.25) is 0 Å². The molecule has 0 bridgehead atoms. The van der Waals surface area contributed by atoms with Crippen LogP contribution in [0.5, 0.6) is 0 Å². The fourth-order valence-corrected chi connectivity index (χ4v) is 2.83. The number of nitrogens with two attached hydrogens (primary N) is 1. The fourth-order valence-electron chi connectivity index (χ4n) is 1.64. The van der Waals surface area contributed by atoms with Crippen LogP contribution in [0.3, 0.4) is 0 Å². The van der Waals surface area contributed by atoms with E-state index in [0.29, 0.717) is 0 Å². The van der Waals surface area contributed by atoms with Crippen molar-refractivity contribution in [2.24, 2.45) is 5.73 Å². The lowest BCUT2D eigenvalue weighted by Gasteiger charge is -2.08. The standard InChI is InChI=1S/C13H15BrN2S/c1-2-11-5-6-13(17-11)12(15)7-10-4-3-9(14)8-16-10/h3-6,8,12H,2,7,15H2,1H3. The van der Waals surface area contributed by atoms with Crippen molar-refractivity contribution in [3.63, 3.8) is 0 Å². The van der Waals surface area contributed by atoms with Crippen LogP contribution in [0.4, 0.5) is 0 Å². The van der Waals surface area contributed by atoms with Crippen molar-refractivity contribution < 1.29 is 0 Å². The van der Waals surface area contributed by atoms with Crippen molar-refractivity contribution in [2.75, 3.05) is 0 Å². The fraction of sp³-hybridized carbons (Fsp3) is 0.308. The van der Waals surface area contributed by atoms with Gasteiger partial charge in [-0.15, -0.1) is 11.3 Å². The molecular formula is C13H15BrN2S. The van der Waals surface area contributed by atoms with Crippen LogP contribution in [0.25, 0.3) is 0 Å². The van der Waals surface area contributed by atoms with Crippen molar-refractivity contribution in [3.05, 3.63) is 50.4 Å². The van der Waals surface area contributed by atoms with Gasteiger partial charge in [0.1, 0.15) is 0 Å². The zero-order valence-electron chi connectivity index (χ0n) is 9.69. The van der Waals surface area contributed by atoms with Crippen LogP contribution in [-0.2, 0) is 12.8 Å². The Labute approximate surface area is 114 Å². The maximum Gasteiger partial charge on any atom is 0.0445 e. The van der Waals surface area contributed by atoms with Gasteiger partial charge in [0, 0.05) is 38.6 Å². The number of thiophene rings is 1. The van der Waals surface area contributed by atoms with E-state index in [2.05, 4.69) is 40.0 Å². The number of hydrogen-bond donors (Lipinski definition) is 1. The smallest absolute Gasteiger partial charge is 0.0445 e. The van der Waals surface area contributed by atoms with Crippen LogP contribution >= 0.6 is 27.3 Å². The molecule has 0 spiro atoms. The first-order valence-corrected chi connectivity index (χ1v) is 7.24. The lowest BCUT2D eigenvalue weighted by Crippen LogP contribution is -2.12. The molecule has 2 aromatic heterocycles. The summed E-state index contributed by atoms with van der Waals surface area (Å²) in [7, 11) is 0. The topological polar surface area (TPSA) is 38.9 Å². The third-order valence-electron chi connectivity index (χ3n) is 2.61. The summed E-state index contributed by atoms with van der Waals surface area (Å²) in [5, 5.41) is 0. The molecule has 17 heavy (non-hydrogen) atoms. The summed E-state index contributed by atoms with van der Waals surface area (Å²) < 4.78 is 0.999. The van der Waals surface area contributed by atoms with E-state index < -0.39 is 0 Å². The summed E-state index contributed by atoms with van der Waals surface area (Å²) in [6.07, 6.45) is 3.68. The van der Waals surface area contributed by atoms with Crippen molar-refractivity contribution >= 4 is 27.3 Å². The number of hydrogen-bond acceptors (Lipinski definition) is 3. The van der Waals surface area contributed by atoms with E-state index >= 15 is 0 Å². The van der Waals surface area contributed by atoms with Crippen LogP contribution in [0.1, 0.15) is 28.4 Å². The van der Waals surface area contributed by atoms with Gasteiger partial charge in [-0.2, -0.15) is 0 Å². The minimum absolute atomic E-state index is 0.0500. The first kappa shape index (κ1) is 12.7. The molecule has 90 valence electrons. The molecule has 0 radical (unpaired) electrons. The van der Waals surface area contributed by atoms with Crippen LogP contribution in [-0.4, -0.2) is 4.98 Å².